The zero-order chi connectivity index (χ0) is 23.8. The fourth-order valence-electron chi connectivity index (χ4n) is 4.53. The Bertz CT molecular complexity index is 946. The first-order chi connectivity index (χ1) is 15.7. The monoisotopic (exact) mass is 481 g/mol. The Kier molecular flexibility index (Phi) is 7.14. The first-order valence-corrected chi connectivity index (χ1v) is 14.7. The van der Waals surface area contributed by atoms with Crippen molar-refractivity contribution in [2.45, 2.75) is 45.3 Å². The zero-order valence-corrected chi connectivity index (χ0v) is 21.1. The van der Waals surface area contributed by atoms with Crippen molar-refractivity contribution in [3.63, 3.8) is 0 Å². The summed E-state index contributed by atoms with van der Waals surface area (Å²) in [5, 5.41) is 12.8. The van der Waals surface area contributed by atoms with Crippen molar-refractivity contribution in [3.05, 3.63) is 17.8 Å². The summed E-state index contributed by atoms with van der Waals surface area (Å²) in [6, 6.07) is 0. The molecule has 2 heterocycles. The summed E-state index contributed by atoms with van der Waals surface area (Å²) in [4.78, 5) is 13.3. The highest BCUT2D eigenvalue weighted by molar-refractivity contribution is 8.32. The second-order valence-corrected chi connectivity index (χ2v) is 14.7. The fraction of sp³-hybridized carbons (Fsp3) is 0.739. The topological polar surface area (TPSA) is 84.1 Å². The summed E-state index contributed by atoms with van der Waals surface area (Å²) in [6.07, 6.45) is 12.4. The number of nitrogens with zero attached hydrogens (tertiary/aromatic N) is 5. The second-order valence-electron chi connectivity index (χ2n) is 10.1. The number of carbonyl (C=O) groups is 1. The summed E-state index contributed by atoms with van der Waals surface area (Å²) < 4.78 is 29.4. The Morgan fingerprint density at radius 3 is 2.39 bits per heavy atom. The number of aryl methyl sites for hydroxylation is 1. The summed E-state index contributed by atoms with van der Waals surface area (Å²) in [5.74, 6) is 1.68. The molecule has 2 aromatic rings. The van der Waals surface area contributed by atoms with E-state index in [-0.39, 0.29) is 24.3 Å². The fourth-order valence-corrected chi connectivity index (χ4v) is 5.15. The lowest BCUT2D eigenvalue weighted by atomic mass is 9.83. The number of hydrogen-bond donors (Lipinski definition) is 0. The quantitative estimate of drug-likeness (QED) is 0.340. The van der Waals surface area contributed by atoms with Gasteiger partial charge in [-0.2, -0.15) is 5.10 Å². The molecule has 33 heavy (non-hydrogen) atoms. The normalized spacial score (nSPS) is 18.0. The number of aromatic nitrogens is 5. The molecule has 2 saturated carbocycles. The van der Waals surface area contributed by atoms with Gasteiger partial charge in [-0.05, 0) is 69.1 Å². The summed E-state index contributed by atoms with van der Waals surface area (Å²) >= 11 is 0. The van der Waals surface area contributed by atoms with Crippen LogP contribution in [-0.4, -0.2) is 68.2 Å². The number of ether oxygens (including phenoxy) is 2. The molecule has 0 aromatic carbocycles. The predicted octanol–water partition coefficient (Wildman–Crippen LogP) is 3.57. The van der Waals surface area contributed by atoms with Gasteiger partial charge in [0.1, 0.15) is 24.2 Å². The highest BCUT2D eigenvalue weighted by atomic mass is 32.3. The number of halogens is 1. The third kappa shape index (κ3) is 5.59. The lowest BCUT2D eigenvalue weighted by molar-refractivity contribution is -0.147. The smallest absolute Gasteiger partial charge is 0.317 e. The van der Waals surface area contributed by atoms with Gasteiger partial charge in [-0.1, -0.05) is 0 Å². The zero-order valence-electron chi connectivity index (χ0n) is 20.3. The molecule has 2 aliphatic carbocycles. The molecular formula is C23H36FN5O3S. The van der Waals surface area contributed by atoms with Crippen LogP contribution in [0.25, 0.3) is 11.5 Å². The molecule has 0 spiro atoms. The predicted molar refractivity (Wildman–Crippen MR) is 127 cm³/mol. The lowest BCUT2D eigenvalue weighted by Gasteiger charge is -2.27. The third-order valence-electron chi connectivity index (χ3n) is 6.48. The molecule has 1 atom stereocenters. The molecule has 0 radical (unpaired) electrons. The Morgan fingerprint density at radius 1 is 1.21 bits per heavy atom. The van der Waals surface area contributed by atoms with Crippen LogP contribution in [-0.2, 0) is 28.0 Å². The molecule has 10 heteroatoms. The van der Waals surface area contributed by atoms with Crippen LogP contribution in [0.15, 0.2) is 6.20 Å². The van der Waals surface area contributed by atoms with Gasteiger partial charge >= 0.3 is 5.97 Å². The lowest BCUT2D eigenvalue weighted by Crippen LogP contribution is -2.30. The Hall–Kier alpha value is -1.94. The van der Waals surface area contributed by atoms with E-state index in [2.05, 4.69) is 34.1 Å². The Morgan fingerprint density at radius 2 is 1.88 bits per heavy atom. The Labute approximate surface area is 196 Å². The molecular weight excluding hydrogens is 445 g/mol. The van der Waals surface area contributed by atoms with Gasteiger partial charge in [-0.15, -0.1) is 10.2 Å². The molecule has 4 rings (SSSR count). The van der Waals surface area contributed by atoms with E-state index in [1.807, 2.05) is 6.92 Å². The van der Waals surface area contributed by atoms with Gasteiger partial charge in [0.05, 0.1) is 19.4 Å². The minimum atomic E-state index is -0.712. The highest BCUT2D eigenvalue weighted by Gasteiger charge is 2.50. The van der Waals surface area contributed by atoms with Crippen LogP contribution in [0.4, 0.5) is 4.39 Å². The van der Waals surface area contributed by atoms with E-state index in [0.29, 0.717) is 36.7 Å². The van der Waals surface area contributed by atoms with Crippen LogP contribution < -0.4 is 0 Å². The molecule has 0 aliphatic heterocycles. The standard InChI is InChI=1S/C23H36FN5O3S/c1-6-32-23(30)19(18(15-7-8-15)16-9-10-16)21-26-27-22(20-17(24)13-25-28(20)2)29(21)14-31-11-12-33(3,4)5/h13,15-16,18-19H,6-12,14H2,1-5H3. The molecule has 1 unspecified atom stereocenters. The molecule has 184 valence electrons. The van der Waals surface area contributed by atoms with E-state index in [4.69, 9.17) is 9.47 Å². The SMILES string of the molecule is CCOC(=O)C(c1nnc(-c2c(F)cnn2C)n1COCCS(C)(C)C)C(C1CC1)C1CC1. The van der Waals surface area contributed by atoms with E-state index in [1.54, 1.807) is 11.6 Å². The first kappa shape index (κ1) is 24.2. The number of carbonyl (C=O) groups excluding carboxylic acids is 1. The van der Waals surface area contributed by atoms with Crippen LogP contribution in [0.1, 0.15) is 44.3 Å². The summed E-state index contributed by atoms with van der Waals surface area (Å²) in [7, 11) is 0.955. The van der Waals surface area contributed by atoms with E-state index in [1.165, 1.54) is 4.68 Å². The van der Waals surface area contributed by atoms with Gasteiger partial charge in [-0.3, -0.25) is 14.0 Å². The van der Waals surface area contributed by atoms with Gasteiger partial charge in [0.25, 0.3) is 0 Å². The Balaban J connectivity index is 1.72. The average Bonchev–Trinajstić information content (AvgIpc) is 3.67. The molecule has 0 amide bonds. The van der Waals surface area contributed by atoms with Gasteiger partial charge in [0, 0.05) is 12.8 Å². The third-order valence-corrected chi connectivity index (χ3v) is 7.87. The molecule has 0 N–H and O–H groups in total. The summed E-state index contributed by atoms with van der Waals surface area (Å²) in [6.45, 7) is 2.84. The minimum Gasteiger partial charge on any atom is -0.465 e. The van der Waals surface area contributed by atoms with Crippen LogP contribution in [0.3, 0.4) is 0 Å². The maximum Gasteiger partial charge on any atom is 0.317 e. The van der Waals surface area contributed by atoms with Gasteiger partial charge in [0.15, 0.2) is 11.6 Å². The molecule has 2 aromatic heterocycles. The first-order valence-electron chi connectivity index (χ1n) is 11.7. The van der Waals surface area contributed by atoms with Gasteiger partial charge < -0.3 is 9.47 Å². The molecule has 8 nitrogen and oxygen atoms in total. The van der Waals surface area contributed by atoms with Crippen molar-refractivity contribution in [1.29, 1.82) is 0 Å². The van der Waals surface area contributed by atoms with E-state index >= 15 is 0 Å². The van der Waals surface area contributed by atoms with Crippen LogP contribution in [0.2, 0.25) is 0 Å². The molecule has 2 aliphatic rings. The van der Waals surface area contributed by atoms with Crippen molar-refractivity contribution in [2.75, 3.05) is 37.7 Å². The van der Waals surface area contributed by atoms with Crippen molar-refractivity contribution in [3.8, 4) is 11.5 Å². The maximum atomic E-state index is 14.7. The largest absolute Gasteiger partial charge is 0.465 e. The molecule has 0 saturated heterocycles. The number of esters is 1. The van der Waals surface area contributed by atoms with Crippen molar-refractivity contribution in [1.82, 2.24) is 24.5 Å². The van der Waals surface area contributed by atoms with Crippen molar-refractivity contribution < 1.29 is 18.7 Å². The van der Waals surface area contributed by atoms with Crippen LogP contribution in [0.5, 0.6) is 0 Å². The summed E-state index contributed by atoms with van der Waals surface area (Å²) in [5.41, 5.74) is 0.232. The molecule has 2 fully saturated rings. The van der Waals surface area contributed by atoms with Gasteiger partial charge in [0.2, 0.25) is 0 Å². The highest BCUT2D eigenvalue weighted by Crippen LogP contribution is 2.55. The van der Waals surface area contributed by atoms with E-state index < -0.39 is 21.8 Å². The average molecular weight is 482 g/mol. The number of hydrogen-bond acceptors (Lipinski definition) is 6. The van der Waals surface area contributed by atoms with Crippen LogP contribution >= 0.6 is 10.0 Å². The minimum absolute atomic E-state index is 0.149. The molecule has 0 bridgehead atoms. The van der Waals surface area contributed by atoms with E-state index in [0.717, 1.165) is 37.6 Å². The maximum absolute atomic E-state index is 14.7. The van der Waals surface area contributed by atoms with Gasteiger partial charge in [-0.25, -0.2) is 14.4 Å². The van der Waals surface area contributed by atoms with Crippen molar-refractivity contribution in [2.24, 2.45) is 24.8 Å². The number of rotatable bonds is 12. The second kappa shape index (κ2) is 9.74. The van der Waals surface area contributed by atoms with Crippen LogP contribution in [0, 0.1) is 23.6 Å². The van der Waals surface area contributed by atoms with Crippen molar-refractivity contribution >= 4 is 16.0 Å². The van der Waals surface area contributed by atoms with E-state index in [9.17, 15) is 9.18 Å².